The van der Waals surface area contributed by atoms with Crippen LogP contribution in [0.15, 0.2) is 0 Å². The molecule has 1 aliphatic heterocycles. The summed E-state index contributed by atoms with van der Waals surface area (Å²) >= 11 is 1.89. The van der Waals surface area contributed by atoms with E-state index in [0.717, 1.165) is 52.4 Å². The van der Waals surface area contributed by atoms with Crippen LogP contribution in [-0.2, 0) is 24.2 Å². The van der Waals surface area contributed by atoms with E-state index in [1.54, 1.807) is 0 Å². The number of hydrogen-bond acceptors (Lipinski definition) is 5. The number of nitrogens with one attached hydrogen (secondary N) is 1. The summed E-state index contributed by atoms with van der Waals surface area (Å²) < 4.78 is 5.40. The van der Waals surface area contributed by atoms with Crippen molar-refractivity contribution in [3.8, 4) is 0 Å². The van der Waals surface area contributed by atoms with Crippen molar-refractivity contribution in [3.63, 3.8) is 0 Å². The van der Waals surface area contributed by atoms with Gasteiger partial charge in [0.05, 0.1) is 25.5 Å². The lowest BCUT2D eigenvalue weighted by Crippen LogP contribution is -2.35. The second-order valence-electron chi connectivity index (χ2n) is 5.29. The summed E-state index contributed by atoms with van der Waals surface area (Å²) in [6.07, 6.45) is 3.45. The molecule has 2 rings (SSSR count). The minimum Gasteiger partial charge on any atom is -0.379 e. The molecule has 114 valence electrons. The molecule has 0 atom stereocenters. The molecule has 0 saturated carbocycles. The first kappa shape index (κ1) is 15.9. The number of aryl methyl sites for hydroxylation is 1. The number of hydrogen-bond donors (Lipinski definition) is 1. The van der Waals surface area contributed by atoms with Crippen molar-refractivity contribution >= 4 is 11.3 Å². The maximum atomic E-state index is 5.40. The molecule has 0 bridgehead atoms. The maximum absolute atomic E-state index is 5.40. The Hall–Kier alpha value is -0.490. The number of morpholine rings is 1. The average molecular weight is 297 g/mol. The standard InChI is InChI=1S/C15H27N3OS/c1-3-5-13-14(11-16-6-4-2)20-15(17-13)12-18-7-9-19-10-8-18/h16H,3-12H2,1-2H3. The van der Waals surface area contributed by atoms with Gasteiger partial charge in [-0.25, -0.2) is 4.98 Å². The van der Waals surface area contributed by atoms with Crippen molar-refractivity contribution in [1.82, 2.24) is 15.2 Å². The third kappa shape index (κ3) is 4.81. The van der Waals surface area contributed by atoms with E-state index in [9.17, 15) is 0 Å². The first-order chi connectivity index (χ1) is 9.83. The van der Waals surface area contributed by atoms with Crippen LogP contribution in [0.5, 0.6) is 0 Å². The Bertz CT molecular complexity index is 388. The minimum absolute atomic E-state index is 0.859. The molecule has 4 nitrogen and oxygen atoms in total. The highest BCUT2D eigenvalue weighted by Gasteiger charge is 2.15. The molecule has 1 aromatic rings. The fourth-order valence-corrected chi connectivity index (χ4v) is 3.53. The first-order valence-corrected chi connectivity index (χ1v) is 8.63. The first-order valence-electron chi connectivity index (χ1n) is 7.81. The summed E-state index contributed by atoms with van der Waals surface area (Å²) in [4.78, 5) is 8.75. The average Bonchev–Trinajstić information content (AvgIpc) is 2.83. The zero-order chi connectivity index (χ0) is 14.2. The van der Waals surface area contributed by atoms with Gasteiger partial charge in [0.25, 0.3) is 0 Å². The highest BCUT2D eigenvalue weighted by molar-refractivity contribution is 7.11. The Morgan fingerprint density at radius 1 is 1.25 bits per heavy atom. The third-order valence-electron chi connectivity index (χ3n) is 3.48. The summed E-state index contributed by atoms with van der Waals surface area (Å²) in [5.41, 5.74) is 1.31. The van der Waals surface area contributed by atoms with E-state index in [-0.39, 0.29) is 0 Å². The predicted octanol–water partition coefficient (Wildman–Crippen LogP) is 2.43. The van der Waals surface area contributed by atoms with E-state index in [4.69, 9.17) is 9.72 Å². The predicted molar refractivity (Wildman–Crippen MR) is 84.2 cm³/mol. The van der Waals surface area contributed by atoms with Crippen LogP contribution < -0.4 is 5.32 Å². The summed E-state index contributed by atoms with van der Waals surface area (Å²) in [6, 6.07) is 0. The number of ether oxygens (including phenoxy) is 1. The molecule has 20 heavy (non-hydrogen) atoms. The van der Waals surface area contributed by atoms with Crippen molar-refractivity contribution in [1.29, 1.82) is 0 Å². The van der Waals surface area contributed by atoms with Crippen LogP contribution in [0.2, 0.25) is 0 Å². The zero-order valence-electron chi connectivity index (χ0n) is 12.8. The zero-order valence-corrected chi connectivity index (χ0v) is 13.6. The Morgan fingerprint density at radius 3 is 2.75 bits per heavy atom. The molecule has 1 N–H and O–H groups in total. The quantitative estimate of drug-likeness (QED) is 0.748. The van der Waals surface area contributed by atoms with E-state index in [2.05, 4.69) is 24.1 Å². The Labute approximate surface area is 126 Å². The molecular formula is C15H27N3OS. The monoisotopic (exact) mass is 297 g/mol. The molecule has 0 aliphatic carbocycles. The molecule has 1 aliphatic rings. The lowest BCUT2D eigenvalue weighted by atomic mass is 10.2. The highest BCUT2D eigenvalue weighted by Crippen LogP contribution is 2.21. The molecule has 5 heteroatoms. The van der Waals surface area contributed by atoms with Crippen molar-refractivity contribution < 1.29 is 4.74 Å². The lowest BCUT2D eigenvalue weighted by Gasteiger charge is -2.25. The minimum atomic E-state index is 0.859. The molecule has 0 unspecified atom stereocenters. The van der Waals surface area contributed by atoms with Crippen LogP contribution in [0.3, 0.4) is 0 Å². The van der Waals surface area contributed by atoms with E-state index < -0.39 is 0 Å². The second-order valence-corrected chi connectivity index (χ2v) is 6.46. The molecule has 0 aromatic carbocycles. The normalized spacial score (nSPS) is 16.7. The van der Waals surface area contributed by atoms with Crippen LogP contribution in [0, 0.1) is 0 Å². The summed E-state index contributed by atoms with van der Waals surface area (Å²) in [6.45, 7) is 11.3. The maximum Gasteiger partial charge on any atom is 0.107 e. The van der Waals surface area contributed by atoms with Gasteiger partial charge < -0.3 is 10.1 Å². The number of rotatable bonds is 8. The molecule has 0 spiro atoms. The smallest absolute Gasteiger partial charge is 0.107 e. The molecular weight excluding hydrogens is 270 g/mol. The topological polar surface area (TPSA) is 37.4 Å². The van der Waals surface area contributed by atoms with Gasteiger partial charge in [-0.05, 0) is 19.4 Å². The van der Waals surface area contributed by atoms with Crippen molar-refractivity contribution in [3.05, 3.63) is 15.6 Å². The molecule has 1 fully saturated rings. The van der Waals surface area contributed by atoms with Gasteiger partial charge in [0, 0.05) is 24.5 Å². The van der Waals surface area contributed by atoms with Crippen LogP contribution in [0.4, 0.5) is 0 Å². The second kappa shape index (κ2) is 8.72. The van der Waals surface area contributed by atoms with Crippen LogP contribution >= 0.6 is 11.3 Å². The molecule has 1 saturated heterocycles. The van der Waals surface area contributed by atoms with Gasteiger partial charge in [0.15, 0.2) is 0 Å². The molecule has 1 aromatic heterocycles. The van der Waals surface area contributed by atoms with E-state index in [1.165, 1.54) is 28.4 Å². The number of thiazole rings is 1. The van der Waals surface area contributed by atoms with Gasteiger partial charge in [-0.2, -0.15) is 0 Å². The Kier molecular flexibility index (Phi) is 6.93. The molecule has 0 amide bonds. The largest absolute Gasteiger partial charge is 0.379 e. The van der Waals surface area contributed by atoms with Gasteiger partial charge in [0.1, 0.15) is 5.01 Å². The van der Waals surface area contributed by atoms with Crippen LogP contribution in [0.25, 0.3) is 0 Å². The fourth-order valence-electron chi connectivity index (χ4n) is 2.40. The SMILES string of the molecule is CCCNCc1sc(CN2CCOCC2)nc1CCC. The van der Waals surface area contributed by atoms with E-state index >= 15 is 0 Å². The number of nitrogens with zero attached hydrogens (tertiary/aromatic N) is 2. The summed E-state index contributed by atoms with van der Waals surface area (Å²) in [5, 5.41) is 4.77. The van der Waals surface area contributed by atoms with Gasteiger partial charge in [-0.1, -0.05) is 20.3 Å². The van der Waals surface area contributed by atoms with Gasteiger partial charge in [-0.3, -0.25) is 4.90 Å². The number of aromatic nitrogens is 1. The van der Waals surface area contributed by atoms with Gasteiger partial charge in [0.2, 0.25) is 0 Å². The van der Waals surface area contributed by atoms with Crippen LogP contribution in [0.1, 0.15) is 42.3 Å². The highest BCUT2D eigenvalue weighted by atomic mass is 32.1. The third-order valence-corrected chi connectivity index (χ3v) is 4.57. The summed E-state index contributed by atoms with van der Waals surface area (Å²) in [7, 11) is 0. The molecule has 2 heterocycles. The van der Waals surface area contributed by atoms with E-state index in [1.807, 2.05) is 11.3 Å². The summed E-state index contributed by atoms with van der Waals surface area (Å²) in [5.74, 6) is 0. The Balaban J connectivity index is 1.95. The van der Waals surface area contributed by atoms with Crippen molar-refractivity contribution in [2.45, 2.75) is 46.2 Å². The molecule has 0 radical (unpaired) electrons. The van der Waals surface area contributed by atoms with Crippen molar-refractivity contribution in [2.24, 2.45) is 0 Å². The Morgan fingerprint density at radius 2 is 2.05 bits per heavy atom. The van der Waals surface area contributed by atoms with Crippen LogP contribution in [-0.4, -0.2) is 42.7 Å². The van der Waals surface area contributed by atoms with Crippen molar-refractivity contribution in [2.75, 3.05) is 32.8 Å². The van der Waals surface area contributed by atoms with E-state index in [0.29, 0.717) is 0 Å². The van der Waals surface area contributed by atoms with Gasteiger partial charge in [-0.15, -0.1) is 11.3 Å². The lowest BCUT2D eigenvalue weighted by molar-refractivity contribution is 0.0341. The fraction of sp³-hybridized carbons (Fsp3) is 0.800. The van der Waals surface area contributed by atoms with Gasteiger partial charge >= 0.3 is 0 Å².